The fourth-order valence-corrected chi connectivity index (χ4v) is 4.29. The molecule has 2 aromatic heterocycles. The smallest absolute Gasteiger partial charge is 0.293 e. The van der Waals surface area contributed by atoms with Crippen LogP contribution < -0.4 is 5.32 Å². The zero-order chi connectivity index (χ0) is 20.4. The van der Waals surface area contributed by atoms with E-state index in [0.29, 0.717) is 24.2 Å². The van der Waals surface area contributed by atoms with Gasteiger partial charge >= 0.3 is 0 Å². The van der Waals surface area contributed by atoms with Gasteiger partial charge in [0.2, 0.25) is 0 Å². The van der Waals surface area contributed by atoms with Crippen molar-refractivity contribution < 1.29 is 9.53 Å². The Bertz CT molecular complexity index is 1010. The van der Waals surface area contributed by atoms with Crippen molar-refractivity contribution in [2.75, 3.05) is 5.32 Å². The number of rotatable bonds is 6. The number of nitrogens with zero attached hydrogens (tertiary/aromatic N) is 3. The van der Waals surface area contributed by atoms with Gasteiger partial charge in [0.1, 0.15) is 22.6 Å². The lowest BCUT2D eigenvalue weighted by molar-refractivity contribution is -0.134. The standard InChI is InChI=1S/C22H25ClN4O2/c1-14-11-20(23)26-22-21(14)24-15(2)27(22)12-16-3-5-17(6-4-16)25-18-7-9-19(10-8-18)29-13-28/h3-6,11,13,18-19,25H,7-10,12H2,1-2H3. The van der Waals surface area contributed by atoms with Crippen LogP contribution >= 0.6 is 11.6 Å². The third kappa shape index (κ3) is 4.37. The number of aromatic nitrogens is 3. The van der Waals surface area contributed by atoms with Gasteiger partial charge in [-0.1, -0.05) is 23.7 Å². The molecule has 0 spiro atoms. The molecule has 3 aromatic rings. The highest BCUT2D eigenvalue weighted by atomic mass is 35.5. The van der Waals surface area contributed by atoms with Crippen LogP contribution in [-0.4, -0.2) is 33.2 Å². The molecule has 0 atom stereocenters. The quantitative estimate of drug-likeness (QED) is 0.471. The summed E-state index contributed by atoms with van der Waals surface area (Å²) in [5.74, 6) is 0.925. The van der Waals surface area contributed by atoms with Gasteiger partial charge in [0.25, 0.3) is 6.47 Å². The third-order valence-electron chi connectivity index (χ3n) is 5.64. The topological polar surface area (TPSA) is 69.0 Å². The van der Waals surface area contributed by atoms with Crippen molar-refractivity contribution >= 4 is 34.9 Å². The molecule has 1 N–H and O–H groups in total. The molecule has 4 rings (SSSR count). The first-order chi connectivity index (χ1) is 14.0. The van der Waals surface area contributed by atoms with E-state index < -0.39 is 0 Å². The molecule has 6 nitrogen and oxygen atoms in total. The van der Waals surface area contributed by atoms with Crippen molar-refractivity contribution in [2.45, 2.75) is 58.2 Å². The Balaban J connectivity index is 1.43. The number of nitrogens with one attached hydrogen (secondary N) is 1. The Morgan fingerprint density at radius 3 is 2.59 bits per heavy atom. The second-order valence-corrected chi connectivity index (χ2v) is 8.11. The highest BCUT2D eigenvalue weighted by Crippen LogP contribution is 2.25. The lowest BCUT2D eigenvalue weighted by atomic mass is 9.93. The number of ether oxygens (including phenoxy) is 1. The van der Waals surface area contributed by atoms with Crippen molar-refractivity contribution in [3.63, 3.8) is 0 Å². The van der Waals surface area contributed by atoms with Crippen LogP contribution in [0, 0.1) is 13.8 Å². The maximum Gasteiger partial charge on any atom is 0.293 e. The molecular formula is C22H25ClN4O2. The summed E-state index contributed by atoms with van der Waals surface area (Å²) in [5, 5.41) is 4.08. The van der Waals surface area contributed by atoms with E-state index in [1.54, 1.807) is 0 Å². The number of carbonyl (C=O) groups is 1. The average Bonchev–Trinajstić information content (AvgIpc) is 3.01. The van der Waals surface area contributed by atoms with Gasteiger partial charge in [-0.3, -0.25) is 4.79 Å². The first-order valence-corrected chi connectivity index (χ1v) is 10.4. The molecular weight excluding hydrogens is 388 g/mol. The molecule has 1 aliphatic carbocycles. The van der Waals surface area contributed by atoms with Gasteiger partial charge in [-0.15, -0.1) is 0 Å². The number of pyridine rings is 1. The number of fused-ring (bicyclic) bond motifs is 1. The average molecular weight is 413 g/mol. The number of benzene rings is 1. The number of anilines is 1. The number of carbonyl (C=O) groups excluding carboxylic acids is 1. The highest BCUT2D eigenvalue weighted by molar-refractivity contribution is 6.29. The molecule has 0 amide bonds. The predicted octanol–water partition coefficient (Wildman–Crippen LogP) is 4.65. The SMILES string of the molecule is Cc1cc(Cl)nc2c1nc(C)n2Cc1ccc(NC2CCC(OC=O)CC2)cc1. The fraction of sp³-hybridized carbons (Fsp3) is 0.409. The molecule has 29 heavy (non-hydrogen) atoms. The normalized spacial score (nSPS) is 19.3. The van der Waals surface area contributed by atoms with Crippen molar-refractivity contribution in [3.05, 3.63) is 52.4 Å². The summed E-state index contributed by atoms with van der Waals surface area (Å²) in [7, 11) is 0. The lowest BCUT2D eigenvalue weighted by Gasteiger charge is -2.28. The third-order valence-corrected chi connectivity index (χ3v) is 5.83. The van der Waals surface area contributed by atoms with E-state index in [2.05, 4.69) is 44.1 Å². The molecule has 1 saturated carbocycles. The summed E-state index contributed by atoms with van der Waals surface area (Å²) in [6.45, 7) is 5.26. The Labute approximate surface area is 175 Å². The summed E-state index contributed by atoms with van der Waals surface area (Å²) in [6, 6.07) is 10.8. The molecule has 0 aliphatic heterocycles. The lowest BCUT2D eigenvalue weighted by Crippen LogP contribution is -2.29. The summed E-state index contributed by atoms with van der Waals surface area (Å²) in [4.78, 5) is 19.6. The molecule has 0 unspecified atom stereocenters. The minimum atomic E-state index is 0.0759. The molecule has 0 saturated heterocycles. The number of aryl methyl sites for hydroxylation is 2. The summed E-state index contributed by atoms with van der Waals surface area (Å²) in [6.07, 6.45) is 3.91. The zero-order valence-corrected chi connectivity index (χ0v) is 17.4. The van der Waals surface area contributed by atoms with Crippen molar-refractivity contribution in [1.29, 1.82) is 0 Å². The van der Waals surface area contributed by atoms with Gasteiger partial charge in [0.15, 0.2) is 5.65 Å². The molecule has 1 fully saturated rings. The Hall–Kier alpha value is -2.60. The predicted molar refractivity (Wildman–Crippen MR) is 114 cm³/mol. The van der Waals surface area contributed by atoms with Crippen LogP contribution in [0.2, 0.25) is 5.15 Å². The van der Waals surface area contributed by atoms with E-state index in [4.69, 9.17) is 16.3 Å². The van der Waals surface area contributed by atoms with Crippen molar-refractivity contribution in [3.8, 4) is 0 Å². The molecule has 1 aliphatic rings. The second kappa shape index (κ2) is 8.41. The van der Waals surface area contributed by atoms with E-state index in [1.165, 1.54) is 5.56 Å². The largest absolute Gasteiger partial charge is 0.465 e. The molecule has 7 heteroatoms. The van der Waals surface area contributed by atoms with Gasteiger partial charge in [-0.2, -0.15) is 0 Å². The van der Waals surface area contributed by atoms with E-state index in [1.807, 2.05) is 19.9 Å². The van der Waals surface area contributed by atoms with Crippen LogP contribution in [0.1, 0.15) is 42.6 Å². The van der Waals surface area contributed by atoms with Crippen LogP contribution in [0.25, 0.3) is 11.2 Å². The maximum atomic E-state index is 10.5. The van der Waals surface area contributed by atoms with Crippen LogP contribution in [0.4, 0.5) is 5.69 Å². The van der Waals surface area contributed by atoms with E-state index >= 15 is 0 Å². The monoisotopic (exact) mass is 412 g/mol. The van der Waals surface area contributed by atoms with E-state index in [-0.39, 0.29) is 6.10 Å². The Kier molecular flexibility index (Phi) is 5.72. The zero-order valence-electron chi connectivity index (χ0n) is 16.7. The van der Waals surface area contributed by atoms with Gasteiger partial charge in [-0.05, 0) is 68.9 Å². The molecule has 152 valence electrons. The fourth-order valence-electron chi connectivity index (χ4n) is 4.05. The minimum absolute atomic E-state index is 0.0759. The van der Waals surface area contributed by atoms with Crippen LogP contribution in [0.5, 0.6) is 0 Å². The Morgan fingerprint density at radius 1 is 1.17 bits per heavy atom. The van der Waals surface area contributed by atoms with Crippen LogP contribution in [0.15, 0.2) is 30.3 Å². The van der Waals surface area contributed by atoms with Crippen LogP contribution in [-0.2, 0) is 16.1 Å². The molecule has 0 radical (unpaired) electrons. The highest BCUT2D eigenvalue weighted by Gasteiger charge is 2.21. The van der Waals surface area contributed by atoms with Gasteiger partial charge in [0.05, 0.1) is 6.54 Å². The number of halogens is 1. The first-order valence-electron chi connectivity index (χ1n) is 9.98. The summed E-state index contributed by atoms with van der Waals surface area (Å²) < 4.78 is 7.17. The Morgan fingerprint density at radius 2 is 1.90 bits per heavy atom. The minimum Gasteiger partial charge on any atom is -0.465 e. The van der Waals surface area contributed by atoms with E-state index in [0.717, 1.165) is 53.9 Å². The maximum absolute atomic E-state index is 10.5. The van der Waals surface area contributed by atoms with Gasteiger partial charge < -0.3 is 14.6 Å². The second-order valence-electron chi connectivity index (χ2n) is 7.73. The van der Waals surface area contributed by atoms with Gasteiger partial charge in [0, 0.05) is 11.7 Å². The number of hydrogen-bond donors (Lipinski definition) is 1. The number of imidazole rings is 1. The summed E-state index contributed by atoms with van der Waals surface area (Å²) >= 11 is 6.16. The molecule has 0 bridgehead atoms. The van der Waals surface area contributed by atoms with Crippen LogP contribution in [0.3, 0.4) is 0 Å². The van der Waals surface area contributed by atoms with Crippen molar-refractivity contribution in [2.24, 2.45) is 0 Å². The van der Waals surface area contributed by atoms with Gasteiger partial charge in [-0.25, -0.2) is 9.97 Å². The molecule has 1 aromatic carbocycles. The summed E-state index contributed by atoms with van der Waals surface area (Å²) in [5.41, 5.74) is 5.05. The van der Waals surface area contributed by atoms with Crippen molar-refractivity contribution in [1.82, 2.24) is 14.5 Å². The molecule has 2 heterocycles. The van der Waals surface area contributed by atoms with E-state index in [9.17, 15) is 4.79 Å². The first kappa shape index (κ1) is 19.7. The number of hydrogen-bond acceptors (Lipinski definition) is 5.